The molecule has 1 heterocycles. The first-order valence-electron chi connectivity index (χ1n) is 9.25. The van der Waals surface area contributed by atoms with Gasteiger partial charge in [-0.2, -0.15) is 0 Å². The predicted molar refractivity (Wildman–Crippen MR) is 115 cm³/mol. The summed E-state index contributed by atoms with van der Waals surface area (Å²) >= 11 is 0. The lowest BCUT2D eigenvalue weighted by atomic mass is 10.1. The zero-order valence-corrected chi connectivity index (χ0v) is 16.6. The second-order valence-corrected chi connectivity index (χ2v) is 6.37. The van der Waals surface area contributed by atoms with Gasteiger partial charge in [-0.15, -0.1) is 0 Å². The summed E-state index contributed by atoms with van der Waals surface area (Å²) in [6.07, 6.45) is 1.40. The Balaban J connectivity index is 1.66. The number of amides is 2. The van der Waals surface area contributed by atoms with Crippen LogP contribution in [0.1, 0.15) is 20.9 Å². The minimum Gasteiger partial charge on any atom is -0.459 e. The van der Waals surface area contributed by atoms with Gasteiger partial charge in [0.2, 0.25) is 0 Å². The molecule has 0 atom stereocenters. The molecule has 0 saturated heterocycles. The lowest BCUT2D eigenvalue weighted by Crippen LogP contribution is -2.14. The molecule has 10 heteroatoms. The average molecular weight is 424 g/mol. The third-order valence-electron chi connectivity index (χ3n) is 4.22. The maximum Gasteiger partial charge on any atom is 0.293 e. The number of rotatable bonds is 9. The van der Waals surface area contributed by atoms with Crippen molar-refractivity contribution < 1.29 is 23.7 Å². The molecule has 2 aromatic carbocycles. The molecule has 0 aliphatic rings. The van der Waals surface area contributed by atoms with Gasteiger partial charge in [-0.05, 0) is 48.5 Å². The average Bonchev–Trinajstić information content (AvgIpc) is 3.30. The molecule has 10 nitrogen and oxygen atoms in total. The van der Waals surface area contributed by atoms with Gasteiger partial charge in [-0.1, -0.05) is 0 Å². The molecule has 1 aromatic heterocycles. The van der Waals surface area contributed by atoms with Crippen LogP contribution in [0.15, 0.2) is 65.3 Å². The smallest absolute Gasteiger partial charge is 0.293 e. The zero-order chi connectivity index (χ0) is 22.2. The van der Waals surface area contributed by atoms with Crippen LogP contribution in [0, 0.1) is 10.1 Å². The van der Waals surface area contributed by atoms with Crippen molar-refractivity contribution in [3.05, 3.63) is 82.3 Å². The number of hydrogen-bond donors (Lipinski definition) is 3. The Labute approximate surface area is 177 Å². The van der Waals surface area contributed by atoms with Crippen molar-refractivity contribution in [2.45, 2.75) is 0 Å². The number of carbonyl (C=O) groups excluding carboxylic acids is 2. The molecular weight excluding hydrogens is 404 g/mol. The highest BCUT2D eigenvalue weighted by Crippen LogP contribution is 2.26. The highest BCUT2D eigenvalue weighted by molar-refractivity contribution is 6.05. The van der Waals surface area contributed by atoms with E-state index < -0.39 is 16.7 Å². The van der Waals surface area contributed by atoms with Gasteiger partial charge in [0.25, 0.3) is 17.5 Å². The van der Waals surface area contributed by atoms with Gasteiger partial charge in [0, 0.05) is 36.7 Å². The highest BCUT2D eigenvalue weighted by Gasteiger charge is 2.17. The van der Waals surface area contributed by atoms with E-state index in [1.54, 1.807) is 36.4 Å². The van der Waals surface area contributed by atoms with E-state index >= 15 is 0 Å². The Morgan fingerprint density at radius 3 is 2.29 bits per heavy atom. The number of anilines is 3. The molecule has 0 fully saturated rings. The minimum atomic E-state index is -0.553. The number of methoxy groups -OCH3 is 1. The van der Waals surface area contributed by atoms with Crippen molar-refractivity contribution in [3.63, 3.8) is 0 Å². The van der Waals surface area contributed by atoms with E-state index in [9.17, 15) is 19.7 Å². The number of nitro benzene ring substituents is 1. The monoisotopic (exact) mass is 424 g/mol. The number of nitrogens with zero attached hydrogens (tertiary/aromatic N) is 1. The van der Waals surface area contributed by atoms with Crippen LogP contribution in [-0.2, 0) is 4.74 Å². The van der Waals surface area contributed by atoms with E-state index in [2.05, 4.69) is 16.0 Å². The number of furan rings is 1. The lowest BCUT2D eigenvalue weighted by Gasteiger charge is -2.10. The summed E-state index contributed by atoms with van der Waals surface area (Å²) in [4.78, 5) is 35.3. The number of carbonyl (C=O) groups is 2. The fraction of sp³-hybridized carbons (Fsp3) is 0.143. The minimum absolute atomic E-state index is 0.138. The molecular formula is C21H20N4O6. The standard InChI is InChI=1S/C21H20N4O6/c1-30-12-10-22-17-9-4-14(13-18(17)25(28)29)20(26)23-15-5-7-16(8-6-15)24-21(27)19-3-2-11-31-19/h2-9,11,13,22H,10,12H2,1H3,(H,23,26)(H,24,27). The Morgan fingerprint density at radius 1 is 1.03 bits per heavy atom. The number of hydrogen-bond acceptors (Lipinski definition) is 7. The molecule has 31 heavy (non-hydrogen) atoms. The first-order valence-corrected chi connectivity index (χ1v) is 9.25. The molecule has 160 valence electrons. The van der Waals surface area contributed by atoms with Crippen LogP contribution < -0.4 is 16.0 Å². The van der Waals surface area contributed by atoms with Crippen LogP contribution >= 0.6 is 0 Å². The Bertz CT molecular complexity index is 1060. The largest absolute Gasteiger partial charge is 0.459 e. The summed E-state index contributed by atoms with van der Waals surface area (Å²) in [7, 11) is 1.53. The summed E-state index contributed by atoms with van der Waals surface area (Å²) in [5.74, 6) is -0.716. The Kier molecular flexibility index (Phi) is 6.97. The van der Waals surface area contributed by atoms with Gasteiger partial charge < -0.3 is 25.1 Å². The summed E-state index contributed by atoms with van der Waals surface area (Å²) in [5.41, 5.74) is 1.21. The van der Waals surface area contributed by atoms with Gasteiger partial charge in [0.1, 0.15) is 5.69 Å². The fourth-order valence-corrected chi connectivity index (χ4v) is 2.70. The highest BCUT2D eigenvalue weighted by atomic mass is 16.6. The molecule has 3 rings (SSSR count). The third kappa shape index (κ3) is 5.67. The molecule has 0 aliphatic heterocycles. The van der Waals surface area contributed by atoms with Crippen LogP contribution in [-0.4, -0.2) is 37.0 Å². The third-order valence-corrected chi connectivity index (χ3v) is 4.22. The van der Waals surface area contributed by atoms with Crippen LogP contribution in [0.3, 0.4) is 0 Å². The quantitative estimate of drug-likeness (QED) is 0.270. The van der Waals surface area contributed by atoms with Crippen molar-refractivity contribution >= 4 is 34.6 Å². The zero-order valence-electron chi connectivity index (χ0n) is 16.6. The van der Waals surface area contributed by atoms with E-state index in [-0.39, 0.29) is 17.0 Å². The van der Waals surface area contributed by atoms with E-state index in [0.717, 1.165) is 0 Å². The molecule has 3 aromatic rings. The summed E-state index contributed by atoms with van der Waals surface area (Å²) < 4.78 is 9.94. The maximum atomic E-state index is 12.5. The van der Waals surface area contributed by atoms with Crippen molar-refractivity contribution in [1.29, 1.82) is 0 Å². The SMILES string of the molecule is COCCNc1ccc(C(=O)Nc2ccc(NC(=O)c3ccco3)cc2)cc1[N+](=O)[O-]. The van der Waals surface area contributed by atoms with E-state index in [1.807, 2.05) is 0 Å². The van der Waals surface area contributed by atoms with E-state index in [1.165, 1.54) is 31.6 Å². The number of ether oxygens (including phenoxy) is 1. The Hall–Kier alpha value is -4.18. The van der Waals surface area contributed by atoms with Crippen LogP contribution in [0.5, 0.6) is 0 Å². The van der Waals surface area contributed by atoms with Gasteiger partial charge in [-0.25, -0.2) is 0 Å². The molecule has 0 radical (unpaired) electrons. The first kappa shape index (κ1) is 21.5. The van der Waals surface area contributed by atoms with Crippen molar-refractivity contribution in [2.24, 2.45) is 0 Å². The number of nitrogens with one attached hydrogen (secondary N) is 3. The molecule has 0 bridgehead atoms. The predicted octanol–water partition coefficient (Wildman–Crippen LogP) is 3.75. The number of nitro groups is 1. The van der Waals surface area contributed by atoms with E-state index in [0.29, 0.717) is 30.2 Å². The van der Waals surface area contributed by atoms with Gasteiger partial charge in [0.05, 0.1) is 17.8 Å². The summed E-state index contributed by atoms with van der Waals surface area (Å²) in [6.45, 7) is 0.781. The van der Waals surface area contributed by atoms with Crippen molar-refractivity contribution in [3.8, 4) is 0 Å². The normalized spacial score (nSPS) is 10.4. The summed E-state index contributed by atoms with van der Waals surface area (Å²) in [6, 6.07) is 13.8. The topological polar surface area (TPSA) is 136 Å². The second-order valence-electron chi connectivity index (χ2n) is 6.37. The Morgan fingerprint density at radius 2 is 1.71 bits per heavy atom. The fourth-order valence-electron chi connectivity index (χ4n) is 2.70. The molecule has 3 N–H and O–H groups in total. The van der Waals surface area contributed by atoms with Gasteiger partial charge in [0.15, 0.2) is 5.76 Å². The molecule has 0 unspecified atom stereocenters. The molecule has 2 amide bonds. The van der Waals surface area contributed by atoms with E-state index in [4.69, 9.17) is 9.15 Å². The molecule has 0 spiro atoms. The number of benzene rings is 2. The lowest BCUT2D eigenvalue weighted by molar-refractivity contribution is -0.384. The summed E-state index contributed by atoms with van der Waals surface area (Å²) in [5, 5.41) is 19.6. The van der Waals surface area contributed by atoms with Gasteiger partial charge >= 0.3 is 0 Å². The van der Waals surface area contributed by atoms with Crippen LogP contribution in [0.25, 0.3) is 0 Å². The van der Waals surface area contributed by atoms with Crippen molar-refractivity contribution in [2.75, 3.05) is 36.2 Å². The second kappa shape index (κ2) is 10.0. The molecule has 0 aliphatic carbocycles. The molecule has 0 saturated carbocycles. The van der Waals surface area contributed by atoms with Gasteiger partial charge in [-0.3, -0.25) is 19.7 Å². The van der Waals surface area contributed by atoms with Crippen molar-refractivity contribution in [1.82, 2.24) is 0 Å². The van der Waals surface area contributed by atoms with Crippen LogP contribution in [0.2, 0.25) is 0 Å². The first-order chi connectivity index (χ1) is 15.0. The maximum absolute atomic E-state index is 12.5. The van der Waals surface area contributed by atoms with Crippen LogP contribution in [0.4, 0.5) is 22.7 Å².